The molecule has 0 N–H and O–H groups in total. The summed E-state index contributed by atoms with van der Waals surface area (Å²) in [7, 11) is 2.04. The molecule has 188 valence electrons. The molecule has 0 saturated carbocycles. The van der Waals surface area contributed by atoms with Gasteiger partial charge in [0.2, 0.25) is 5.69 Å². The monoisotopic (exact) mass is 499 g/mol. The lowest BCUT2D eigenvalue weighted by Crippen LogP contribution is -2.21. The topological polar surface area (TPSA) is 37.9 Å². The number of rotatable bonds is 4. The molecule has 3 heterocycles. The van der Waals surface area contributed by atoms with Crippen molar-refractivity contribution in [2.45, 2.75) is 26.2 Å². The third-order valence-corrected chi connectivity index (χ3v) is 6.97. The Morgan fingerprint density at radius 3 is 2.50 bits per heavy atom. The van der Waals surface area contributed by atoms with Crippen LogP contribution in [-0.2, 0) is 5.41 Å². The number of benzene rings is 3. The molecular formula is C32H29N5O. The molecule has 3 aromatic carbocycles. The lowest BCUT2D eigenvalue weighted by Gasteiger charge is -2.20. The lowest BCUT2D eigenvalue weighted by atomic mass is 9.88. The Morgan fingerprint density at radius 1 is 0.895 bits per heavy atom. The molecule has 6 heteroatoms. The van der Waals surface area contributed by atoms with Crippen molar-refractivity contribution in [3.8, 4) is 17.3 Å². The van der Waals surface area contributed by atoms with Crippen molar-refractivity contribution in [1.29, 1.82) is 0 Å². The van der Waals surface area contributed by atoms with Crippen molar-refractivity contribution in [3.63, 3.8) is 0 Å². The van der Waals surface area contributed by atoms with Crippen molar-refractivity contribution in [2.75, 3.05) is 18.6 Å². The van der Waals surface area contributed by atoms with Gasteiger partial charge in [0.15, 0.2) is 0 Å². The number of pyridine rings is 1. The van der Waals surface area contributed by atoms with Gasteiger partial charge in [0.1, 0.15) is 17.3 Å². The molecule has 0 saturated heterocycles. The molecular weight excluding hydrogens is 470 g/mol. The molecule has 0 atom stereocenters. The first-order valence-electron chi connectivity index (χ1n) is 12.7. The summed E-state index contributed by atoms with van der Waals surface area (Å²) in [4.78, 5) is 12.9. The van der Waals surface area contributed by atoms with Crippen LogP contribution in [-0.4, -0.2) is 28.2 Å². The van der Waals surface area contributed by atoms with E-state index in [2.05, 4.69) is 70.3 Å². The van der Waals surface area contributed by atoms with Gasteiger partial charge >= 0.3 is 0 Å². The fraction of sp³-hybridized carbons (Fsp3) is 0.188. The van der Waals surface area contributed by atoms with E-state index >= 15 is 0 Å². The lowest BCUT2D eigenvalue weighted by molar-refractivity contribution is 0.483. The number of ether oxygens (including phenoxy) is 1. The Hall–Kier alpha value is -4.76. The van der Waals surface area contributed by atoms with Gasteiger partial charge in [-0.15, -0.1) is 0 Å². The first kappa shape index (κ1) is 23.6. The largest absolute Gasteiger partial charge is 0.468 e. The predicted molar refractivity (Wildman–Crippen MR) is 154 cm³/mol. The smallest absolute Gasteiger partial charge is 0.229 e. The van der Waals surface area contributed by atoms with E-state index in [1.165, 1.54) is 5.56 Å². The Morgan fingerprint density at radius 2 is 1.74 bits per heavy atom. The second-order valence-electron chi connectivity index (χ2n) is 10.7. The van der Waals surface area contributed by atoms with Gasteiger partial charge in [0.05, 0.1) is 24.3 Å². The van der Waals surface area contributed by atoms with Gasteiger partial charge in [0, 0.05) is 42.8 Å². The molecule has 38 heavy (non-hydrogen) atoms. The average molecular weight is 500 g/mol. The first-order chi connectivity index (χ1) is 18.3. The number of anilines is 1. The van der Waals surface area contributed by atoms with Crippen LogP contribution < -0.4 is 9.64 Å². The van der Waals surface area contributed by atoms with Gasteiger partial charge in [-0.25, -0.2) is 9.83 Å². The number of aromatic nitrogens is 2. The Bertz CT molecular complexity index is 1750. The average Bonchev–Trinajstić information content (AvgIpc) is 3.49. The summed E-state index contributed by atoms with van der Waals surface area (Å²) in [5.41, 5.74) is 4.70. The standard InChI is InChI=1S/C32H29N5O/c1-32(2,3)22-13-14-34-31(17-22)37-28-12-7-6-11-25(28)26-19-27(33-4)30(20-29(26)37)38-24-10-8-9-23(18-24)36-16-15-35(5)21-36/h6-20H,21H2,1-3,5H3. The number of hydrogen-bond acceptors (Lipinski definition) is 4. The summed E-state index contributed by atoms with van der Waals surface area (Å²) >= 11 is 0. The Kier molecular flexibility index (Phi) is 5.57. The third kappa shape index (κ3) is 4.12. The van der Waals surface area contributed by atoms with Crippen molar-refractivity contribution in [2.24, 2.45) is 0 Å². The molecule has 0 aliphatic carbocycles. The Balaban J connectivity index is 1.51. The zero-order valence-electron chi connectivity index (χ0n) is 22.0. The molecule has 6 rings (SSSR count). The molecule has 5 aromatic rings. The second-order valence-corrected chi connectivity index (χ2v) is 10.7. The SMILES string of the molecule is [C-]#[N+]c1cc2c3ccccc3n(-c3cc(C(C)(C)C)ccn3)c2cc1Oc1cccc(N2C=CN(C)C2)c1. The minimum absolute atomic E-state index is 0.00760. The Labute approximate surface area is 222 Å². The number of fused-ring (bicyclic) bond motifs is 3. The summed E-state index contributed by atoms with van der Waals surface area (Å²) in [5, 5.41) is 2.08. The highest BCUT2D eigenvalue weighted by Gasteiger charge is 2.20. The minimum Gasteiger partial charge on any atom is -0.468 e. The second kappa shape index (κ2) is 8.97. The fourth-order valence-corrected chi connectivity index (χ4v) is 4.96. The van der Waals surface area contributed by atoms with E-state index in [0.29, 0.717) is 17.2 Å². The molecule has 0 amide bonds. The molecule has 0 fully saturated rings. The van der Waals surface area contributed by atoms with Crippen LogP contribution >= 0.6 is 0 Å². The van der Waals surface area contributed by atoms with Crippen LogP contribution in [0, 0.1) is 6.57 Å². The van der Waals surface area contributed by atoms with E-state index in [1.807, 2.05) is 68.1 Å². The molecule has 2 aromatic heterocycles. The summed E-state index contributed by atoms with van der Waals surface area (Å²) < 4.78 is 8.56. The molecule has 1 aliphatic rings. The highest BCUT2D eigenvalue weighted by Crippen LogP contribution is 2.41. The van der Waals surface area contributed by atoms with Gasteiger partial charge in [-0.1, -0.05) is 45.0 Å². The predicted octanol–water partition coefficient (Wildman–Crippen LogP) is 8.00. The number of para-hydroxylation sites is 1. The van der Waals surface area contributed by atoms with E-state index in [0.717, 1.165) is 40.0 Å². The normalized spacial score (nSPS) is 13.4. The molecule has 0 bridgehead atoms. The van der Waals surface area contributed by atoms with Crippen LogP contribution in [0.4, 0.5) is 11.4 Å². The molecule has 6 nitrogen and oxygen atoms in total. The maximum atomic E-state index is 7.90. The zero-order valence-corrected chi connectivity index (χ0v) is 22.0. The van der Waals surface area contributed by atoms with Crippen molar-refractivity contribution < 1.29 is 4.74 Å². The molecule has 0 unspecified atom stereocenters. The first-order valence-corrected chi connectivity index (χ1v) is 12.7. The quantitative estimate of drug-likeness (QED) is 0.235. The van der Waals surface area contributed by atoms with Crippen LogP contribution in [0.25, 0.3) is 32.5 Å². The van der Waals surface area contributed by atoms with E-state index in [9.17, 15) is 0 Å². The van der Waals surface area contributed by atoms with Crippen molar-refractivity contribution in [1.82, 2.24) is 14.5 Å². The fourth-order valence-electron chi connectivity index (χ4n) is 4.96. The van der Waals surface area contributed by atoms with E-state index in [1.54, 1.807) is 0 Å². The van der Waals surface area contributed by atoms with Gasteiger partial charge < -0.3 is 14.5 Å². The van der Waals surface area contributed by atoms with Crippen LogP contribution in [0.1, 0.15) is 26.3 Å². The highest BCUT2D eigenvalue weighted by molar-refractivity contribution is 6.11. The van der Waals surface area contributed by atoms with Crippen molar-refractivity contribution >= 4 is 33.2 Å². The third-order valence-electron chi connectivity index (χ3n) is 6.97. The van der Waals surface area contributed by atoms with Gasteiger partial charge in [-0.2, -0.15) is 0 Å². The highest BCUT2D eigenvalue weighted by atomic mass is 16.5. The number of hydrogen-bond donors (Lipinski definition) is 0. The summed E-state index contributed by atoms with van der Waals surface area (Å²) in [6.07, 6.45) is 5.96. The zero-order chi connectivity index (χ0) is 26.4. The van der Waals surface area contributed by atoms with Gasteiger partial charge in [0.25, 0.3) is 0 Å². The van der Waals surface area contributed by atoms with Crippen molar-refractivity contribution in [3.05, 3.63) is 108 Å². The summed E-state index contributed by atoms with van der Waals surface area (Å²) in [5.74, 6) is 2.05. The summed E-state index contributed by atoms with van der Waals surface area (Å²) in [6.45, 7) is 15.3. The maximum absolute atomic E-state index is 7.90. The molecule has 1 aliphatic heterocycles. The van der Waals surface area contributed by atoms with E-state index < -0.39 is 0 Å². The van der Waals surface area contributed by atoms with Crippen LogP contribution in [0.15, 0.2) is 91.4 Å². The number of nitrogens with zero attached hydrogens (tertiary/aromatic N) is 5. The van der Waals surface area contributed by atoms with E-state index in [-0.39, 0.29) is 5.41 Å². The molecule has 0 radical (unpaired) electrons. The van der Waals surface area contributed by atoms with Gasteiger partial charge in [-0.3, -0.25) is 4.57 Å². The summed E-state index contributed by atoms with van der Waals surface area (Å²) in [6, 6.07) is 24.4. The maximum Gasteiger partial charge on any atom is 0.229 e. The molecule has 0 spiro atoms. The minimum atomic E-state index is -0.00760. The van der Waals surface area contributed by atoms with Crippen LogP contribution in [0.2, 0.25) is 0 Å². The van der Waals surface area contributed by atoms with E-state index in [4.69, 9.17) is 16.3 Å². The van der Waals surface area contributed by atoms with Crippen LogP contribution in [0.5, 0.6) is 11.5 Å². The van der Waals surface area contributed by atoms with Crippen LogP contribution in [0.3, 0.4) is 0 Å². The van der Waals surface area contributed by atoms with Gasteiger partial charge in [-0.05, 0) is 58.8 Å².